The molecule has 0 atom stereocenters. The third-order valence-corrected chi connectivity index (χ3v) is 3.36. The number of hydrogen-bond acceptors (Lipinski definition) is 3. The molecule has 0 spiro atoms. The number of pyridine rings is 1. The Bertz CT molecular complexity index is 953. The minimum atomic E-state index is -0.189. The Morgan fingerprint density at radius 1 is 1.24 bits per heavy atom. The van der Waals surface area contributed by atoms with Crippen molar-refractivity contribution in [1.29, 1.82) is 0 Å². The zero-order valence-corrected chi connectivity index (χ0v) is 10.9. The lowest BCUT2D eigenvalue weighted by Gasteiger charge is -2.06. The maximum Gasteiger partial charge on any atom is 0.259 e. The van der Waals surface area contributed by atoms with Crippen LogP contribution >= 0.6 is 0 Å². The van der Waals surface area contributed by atoms with Gasteiger partial charge in [-0.05, 0) is 30.3 Å². The summed E-state index contributed by atoms with van der Waals surface area (Å²) in [5.41, 5.74) is 2.77. The lowest BCUT2D eigenvalue weighted by atomic mass is 10.2. The highest BCUT2D eigenvalue weighted by Crippen LogP contribution is 2.18. The van der Waals surface area contributed by atoms with Crippen molar-refractivity contribution >= 4 is 28.1 Å². The lowest BCUT2D eigenvalue weighted by molar-refractivity contribution is 0.102. The molecule has 6 heteroatoms. The van der Waals surface area contributed by atoms with E-state index in [0.29, 0.717) is 16.9 Å². The van der Waals surface area contributed by atoms with Gasteiger partial charge in [-0.2, -0.15) is 5.10 Å². The molecule has 21 heavy (non-hydrogen) atoms. The van der Waals surface area contributed by atoms with Gasteiger partial charge in [-0.3, -0.25) is 9.89 Å². The molecule has 0 aliphatic carbocycles. The van der Waals surface area contributed by atoms with E-state index in [-0.39, 0.29) is 5.91 Å². The second-order valence-electron chi connectivity index (χ2n) is 4.71. The van der Waals surface area contributed by atoms with E-state index in [1.54, 1.807) is 18.5 Å². The normalized spacial score (nSPS) is 11.0. The van der Waals surface area contributed by atoms with Gasteiger partial charge >= 0.3 is 0 Å². The average Bonchev–Trinajstić information content (AvgIpc) is 3.14. The van der Waals surface area contributed by atoms with Gasteiger partial charge in [0.1, 0.15) is 5.65 Å². The van der Waals surface area contributed by atoms with E-state index in [9.17, 15) is 4.79 Å². The Morgan fingerprint density at radius 2 is 2.19 bits per heavy atom. The van der Waals surface area contributed by atoms with Crippen molar-refractivity contribution in [3.8, 4) is 0 Å². The van der Waals surface area contributed by atoms with Crippen LogP contribution < -0.4 is 5.32 Å². The van der Waals surface area contributed by atoms with Crippen molar-refractivity contribution in [2.24, 2.45) is 0 Å². The number of rotatable bonds is 2. The summed E-state index contributed by atoms with van der Waals surface area (Å²) in [6, 6.07) is 9.19. The summed E-state index contributed by atoms with van der Waals surface area (Å²) in [5.74, 6) is -0.189. The van der Waals surface area contributed by atoms with Crippen LogP contribution in [0.1, 0.15) is 10.4 Å². The molecular formula is C15H11N5O. The van der Waals surface area contributed by atoms with Crippen molar-refractivity contribution in [3.05, 3.63) is 60.7 Å². The van der Waals surface area contributed by atoms with Crippen LogP contribution in [0.5, 0.6) is 0 Å². The van der Waals surface area contributed by atoms with Crippen LogP contribution in [-0.4, -0.2) is 25.5 Å². The minimum Gasteiger partial charge on any atom is -0.322 e. The molecule has 0 aliphatic rings. The molecule has 0 unspecified atom stereocenters. The van der Waals surface area contributed by atoms with Gasteiger partial charge in [0.2, 0.25) is 0 Å². The second-order valence-corrected chi connectivity index (χ2v) is 4.71. The smallest absolute Gasteiger partial charge is 0.259 e. The number of nitrogens with zero attached hydrogens (tertiary/aromatic N) is 3. The van der Waals surface area contributed by atoms with Crippen LogP contribution in [-0.2, 0) is 0 Å². The summed E-state index contributed by atoms with van der Waals surface area (Å²) in [5, 5.41) is 10.7. The number of benzene rings is 1. The predicted octanol–water partition coefficient (Wildman–Crippen LogP) is 2.46. The van der Waals surface area contributed by atoms with Gasteiger partial charge in [0.05, 0.1) is 17.3 Å². The summed E-state index contributed by atoms with van der Waals surface area (Å²) in [6.45, 7) is 0. The van der Waals surface area contributed by atoms with Crippen LogP contribution in [0.3, 0.4) is 0 Å². The van der Waals surface area contributed by atoms with E-state index < -0.39 is 0 Å². The summed E-state index contributed by atoms with van der Waals surface area (Å²) in [7, 11) is 0. The third-order valence-electron chi connectivity index (χ3n) is 3.36. The first kappa shape index (κ1) is 11.7. The van der Waals surface area contributed by atoms with E-state index in [1.165, 1.54) is 0 Å². The summed E-state index contributed by atoms with van der Waals surface area (Å²) in [6.07, 6.45) is 7.08. The molecule has 0 fully saturated rings. The van der Waals surface area contributed by atoms with Crippen molar-refractivity contribution < 1.29 is 4.79 Å². The first-order valence-corrected chi connectivity index (χ1v) is 6.47. The van der Waals surface area contributed by atoms with Gasteiger partial charge in [0.25, 0.3) is 5.91 Å². The maximum absolute atomic E-state index is 12.4. The topological polar surface area (TPSA) is 75.1 Å². The summed E-state index contributed by atoms with van der Waals surface area (Å²) < 4.78 is 1.81. The number of anilines is 1. The zero-order valence-electron chi connectivity index (χ0n) is 10.9. The number of imidazole rings is 1. The van der Waals surface area contributed by atoms with Crippen LogP contribution in [0.15, 0.2) is 55.1 Å². The minimum absolute atomic E-state index is 0.189. The lowest BCUT2D eigenvalue weighted by Crippen LogP contribution is -2.13. The predicted molar refractivity (Wildman–Crippen MR) is 79.2 cm³/mol. The molecule has 3 heterocycles. The Balaban J connectivity index is 1.70. The maximum atomic E-state index is 12.4. The van der Waals surface area contributed by atoms with Gasteiger partial charge in [-0.25, -0.2) is 4.98 Å². The number of hydrogen-bond donors (Lipinski definition) is 2. The fourth-order valence-corrected chi connectivity index (χ4v) is 2.34. The average molecular weight is 277 g/mol. The number of nitrogens with one attached hydrogen (secondary N) is 2. The molecule has 2 N–H and O–H groups in total. The third kappa shape index (κ3) is 1.93. The fourth-order valence-electron chi connectivity index (χ4n) is 2.34. The van der Waals surface area contributed by atoms with E-state index in [4.69, 9.17) is 0 Å². The Hall–Kier alpha value is -3.15. The zero-order chi connectivity index (χ0) is 14.2. The van der Waals surface area contributed by atoms with Gasteiger partial charge in [0.15, 0.2) is 0 Å². The molecule has 0 saturated heterocycles. The van der Waals surface area contributed by atoms with E-state index in [2.05, 4.69) is 20.5 Å². The van der Waals surface area contributed by atoms with Crippen molar-refractivity contribution in [3.63, 3.8) is 0 Å². The SMILES string of the molecule is O=C(Nc1ccc2cn[nH]c2c1)c1cccn2ccnc12. The standard InChI is InChI=1S/C15H11N5O/c21-15(12-2-1-6-20-7-5-16-14(12)20)18-11-4-3-10-9-17-19-13(10)8-11/h1-9H,(H,17,19)(H,18,21). The monoisotopic (exact) mass is 277 g/mol. The largest absolute Gasteiger partial charge is 0.322 e. The molecule has 0 radical (unpaired) electrons. The van der Waals surface area contributed by atoms with Crippen LogP contribution in [0.2, 0.25) is 0 Å². The molecule has 4 rings (SSSR count). The van der Waals surface area contributed by atoms with Crippen molar-refractivity contribution in [1.82, 2.24) is 19.6 Å². The van der Waals surface area contributed by atoms with E-state index >= 15 is 0 Å². The molecule has 3 aromatic heterocycles. The second kappa shape index (κ2) is 4.45. The van der Waals surface area contributed by atoms with Crippen LogP contribution in [0.4, 0.5) is 5.69 Å². The number of amides is 1. The number of carbonyl (C=O) groups excluding carboxylic acids is 1. The van der Waals surface area contributed by atoms with Crippen LogP contribution in [0, 0.1) is 0 Å². The molecule has 102 valence electrons. The molecule has 1 amide bonds. The molecule has 6 nitrogen and oxygen atoms in total. The van der Waals surface area contributed by atoms with Crippen molar-refractivity contribution in [2.45, 2.75) is 0 Å². The number of aromatic nitrogens is 4. The Morgan fingerprint density at radius 3 is 3.14 bits per heavy atom. The van der Waals surface area contributed by atoms with E-state index in [1.807, 2.05) is 41.1 Å². The molecule has 0 bridgehead atoms. The Kier molecular flexibility index (Phi) is 2.47. The number of aromatic amines is 1. The molecule has 0 saturated carbocycles. The van der Waals surface area contributed by atoms with Crippen molar-refractivity contribution in [2.75, 3.05) is 5.32 Å². The fraction of sp³-hybridized carbons (Fsp3) is 0. The Labute approximate surface area is 119 Å². The number of carbonyl (C=O) groups is 1. The summed E-state index contributed by atoms with van der Waals surface area (Å²) in [4.78, 5) is 16.6. The highest BCUT2D eigenvalue weighted by Gasteiger charge is 2.11. The van der Waals surface area contributed by atoms with E-state index in [0.717, 1.165) is 10.9 Å². The molecule has 0 aliphatic heterocycles. The molecule has 4 aromatic rings. The summed E-state index contributed by atoms with van der Waals surface area (Å²) >= 11 is 0. The highest BCUT2D eigenvalue weighted by molar-refractivity contribution is 6.08. The molecule has 1 aromatic carbocycles. The first-order valence-electron chi connectivity index (χ1n) is 6.47. The number of fused-ring (bicyclic) bond motifs is 2. The van der Waals surface area contributed by atoms with Gasteiger partial charge in [-0.15, -0.1) is 0 Å². The van der Waals surface area contributed by atoms with Gasteiger partial charge < -0.3 is 9.72 Å². The quantitative estimate of drug-likeness (QED) is 0.591. The van der Waals surface area contributed by atoms with Gasteiger partial charge in [0, 0.05) is 29.7 Å². The van der Waals surface area contributed by atoms with Crippen LogP contribution in [0.25, 0.3) is 16.6 Å². The highest BCUT2D eigenvalue weighted by atomic mass is 16.1. The van der Waals surface area contributed by atoms with Gasteiger partial charge in [-0.1, -0.05) is 0 Å². The first-order chi connectivity index (χ1) is 10.3. The number of H-pyrrole nitrogens is 1. The molecular weight excluding hydrogens is 266 g/mol.